The smallest absolute Gasteiger partial charge is 0.0142 e. The summed E-state index contributed by atoms with van der Waals surface area (Å²) in [6.45, 7) is 10.2. The fourth-order valence-electron chi connectivity index (χ4n) is 1.27. The first-order chi connectivity index (χ1) is 6.20. The van der Waals surface area contributed by atoms with Crippen molar-refractivity contribution >= 4 is 0 Å². The summed E-state index contributed by atoms with van der Waals surface area (Å²) in [6, 6.07) is 0. The van der Waals surface area contributed by atoms with Gasteiger partial charge in [0.1, 0.15) is 0 Å². The summed E-state index contributed by atoms with van der Waals surface area (Å²) in [6.07, 6.45) is 11.2. The second kappa shape index (κ2) is 7.85. The minimum Gasteiger partial charge on any atom is -0.103 e. The van der Waals surface area contributed by atoms with Gasteiger partial charge in [-0.05, 0) is 46.5 Å². The third-order valence-corrected chi connectivity index (χ3v) is 2.07. The average Bonchev–Trinajstić information content (AvgIpc) is 2.10. The number of hydrogen-bond acceptors (Lipinski definition) is 0. The second-order valence-electron chi connectivity index (χ2n) is 3.61. The first kappa shape index (κ1) is 12.2. The molecule has 0 nitrogen and oxygen atoms in total. The molecule has 0 aliphatic rings. The van der Waals surface area contributed by atoms with E-state index >= 15 is 0 Å². The lowest BCUT2D eigenvalue weighted by Gasteiger charge is -2.02. The van der Waals surface area contributed by atoms with Crippen molar-refractivity contribution in [1.29, 1.82) is 0 Å². The Kier molecular flexibility index (Phi) is 7.38. The van der Waals surface area contributed by atoms with Crippen LogP contribution < -0.4 is 0 Å². The van der Waals surface area contributed by atoms with Crippen LogP contribution in [0.25, 0.3) is 0 Å². The summed E-state index contributed by atoms with van der Waals surface area (Å²) in [7, 11) is 0. The molecule has 74 valence electrons. The summed E-state index contributed by atoms with van der Waals surface area (Å²) in [5.74, 6) is 0. The molecule has 0 aromatic carbocycles. The van der Waals surface area contributed by atoms with Crippen LogP contribution >= 0.6 is 0 Å². The molecule has 0 N–H and O–H groups in total. The van der Waals surface area contributed by atoms with Gasteiger partial charge in [0.05, 0.1) is 0 Å². The number of hydrogen-bond donors (Lipinski definition) is 0. The highest BCUT2D eigenvalue weighted by Gasteiger charge is 1.92. The van der Waals surface area contributed by atoms with E-state index in [4.69, 9.17) is 0 Å². The molecule has 0 aliphatic carbocycles. The number of unbranched alkanes of at least 4 members (excludes halogenated alkanes) is 1. The number of rotatable bonds is 6. The molecule has 0 fully saturated rings. The maximum absolute atomic E-state index is 3.75. The van der Waals surface area contributed by atoms with Gasteiger partial charge in [-0.2, -0.15) is 0 Å². The molecule has 0 spiro atoms. The first-order valence-electron chi connectivity index (χ1n) is 5.09. The molecule has 0 atom stereocenters. The summed E-state index contributed by atoms with van der Waals surface area (Å²) in [5.41, 5.74) is 2.93. The van der Waals surface area contributed by atoms with E-state index in [1.54, 1.807) is 0 Å². The zero-order chi connectivity index (χ0) is 10.1. The Balaban J connectivity index is 3.62. The highest BCUT2D eigenvalue weighted by atomic mass is 14.0. The second-order valence-corrected chi connectivity index (χ2v) is 3.61. The summed E-state index contributed by atoms with van der Waals surface area (Å²) in [5, 5.41) is 0. The Labute approximate surface area is 83.0 Å². The SMILES string of the molecule is C=CC/C(=C\C)CCCC=C(C)C. The summed E-state index contributed by atoms with van der Waals surface area (Å²) >= 11 is 0. The quantitative estimate of drug-likeness (QED) is 0.410. The Morgan fingerprint density at radius 1 is 1.31 bits per heavy atom. The lowest BCUT2D eigenvalue weighted by Crippen LogP contribution is -1.82. The van der Waals surface area contributed by atoms with Gasteiger partial charge < -0.3 is 0 Å². The fraction of sp³-hybridized carbons (Fsp3) is 0.538. The van der Waals surface area contributed by atoms with Gasteiger partial charge in [-0.3, -0.25) is 0 Å². The lowest BCUT2D eigenvalue weighted by molar-refractivity contribution is 0.811. The molecule has 0 unspecified atom stereocenters. The van der Waals surface area contributed by atoms with Crippen LogP contribution in [0, 0.1) is 0 Å². The van der Waals surface area contributed by atoms with Gasteiger partial charge in [0.2, 0.25) is 0 Å². The summed E-state index contributed by atoms with van der Waals surface area (Å²) in [4.78, 5) is 0. The molecule has 0 heterocycles. The van der Waals surface area contributed by atoms with E-state index in [0.717, 1.165) is 6.42 Å². The third kappa shape index (κ3) is 7.58. The van der Waals surface area contributed by atoms with Crippen molar-refractivity contribution < 1.29 is 0 Å². The molecule has 0 bridgehead atoms. The van der Waals surface area contributed by atoms with E-state index in [2.05, 4.69) is 39.5 Å². The van der Waals surface area contributed by atoms with Crippen LogP contribution in [0.15, 0.2) is 36.0 Å². The van der Waals surface area contributed by atoms with Crippen LogP contribution in [0.1, 0.15) is 46.5 Å². The normalized spacial score (nSPS) is 11.2. The van der Waals surface area contributed by atoms with Crippen molar-refractivity contribution in [3.63, 3.8) is 0 Å². The van der Waals surface area contributed by atoms with Crippen LogP contribution in [0.5, 0.6) is 0 Å². The minimum atomic E-state index is 1.05. The lowest BCUT2D eigenvalue weighted by atomic mass is 10.0. The maximum Gasteiger partial charge on any atom is -0.0142 e. The minimum absolute atomic E-state index is 1.05. The van der Waals surface area contributed by atoms with E-state index in [1.807, 2.05) is 6.08 Å². The van der Waals surface area contributed by atoms with Crippen LogP contribution in [-0.4, -0.2) is 0 Å². The first-order valence-corrected chi connectivity index (χ1v) is 5.09. The van der Waals surface area contributed by atoms with Gasteiger partial charge in [0.25, 0.3) is 0 Å². The topological polar surface area (TPSA) is 0 Å². The van der Waals surface area contributed by atoms with Gasteiger partial charge in [0.15, 0.2) is 0 Å². The van der Waals surface area contributed by atoms with E-state index in [9.17, 15) is 0 Å². The fourth-order valence-corrected chi connectivity index (χ4v) is 1.27. The van der Waals surface area contributed by atoms with Crippen molar-refractivity contribution in [3.8, 4) is 0 Å². The highest BCUT2D eigenvalue weighted by Crippen LogP contribution is 2.12. The molecule has 0 aromatic heterocycles. The monoisotopic (exact) mass is 178 g/mol. The largest absolute Gasteiger partial charge is 0.103 e. The third-order valence-electron chi connectivity index (χ3n) is 2.07. The van der Waals surface area contributed by atoms with E-state index < -0.39 is 0 Å². The zero-order valence-corrected chi connectivity index (χ0v) is 9.27. The molecular formula is C13H22. The molecule has 0 radical (unpaired) electrons. The molecule has 0 saturated heterocycles. The predicted molar refractivity (Wildman–Crippen MR) is 61.9 cm³/mol. The summed E-state index contributed by atoms with van der Waals surface area (Å²) < 4.78 is 0. The van der Waals surface area contributed by atoms with Crippen LogP contribution in [0.4, 0.5) is 0 Å². The highest BCUT2D eigenvalue weighted by molar-refractivity contribution is 5.05. The van der Waals surface area contributed by atoms with Crippen molar-refractivity contribution in [3.05, 3.63) is 36.0 Å². The van der Waals surface area contributed by atoms with Gasteiger partial charge in [-0.1, -0.05) is 29.4 Å². The molecule has 13 heavy (non-hydrogen) atoms. The van der Waals surface area contributed by atoms with Gasteiger partial charge in [-0.15, -0.1) is 6.58 Å². The van der Waals surface area contributed by atoms with E-state index in [1.165, 1.54) is 30.4 Å². The average molecular weight is 178 g/mol. The predicted octanol–water partition coefficient (Wildman–Crippen LogP) is 4.65. The van der Waals surface area contributed by atoms with E-state index in [0.29, 0.717) is 0 Å². The Bertz CT molecular complexity index is 190. The van der Waals surface area contributed by atoms with Crippen LogP contribution in [0.3, 0.4) is 0 Å². The molecule has 0 rings (SSSR count). The number of allylic oxidation sites excluding steroid dienone is 5. The van der Waals surface area contributed by atoms with Gasteiger partial charge in [-0.25, -0.2) is 0 Å². The molecule has 0 saturated carbocycles. The maximum atomic E-state index is 3.75. The molecular weight excluding hydrogens is 156 g/mol. The van der Waals surface area contributed by atoms with E-state index in [-0.39, 0.29) is 0 Å². The van der Waals surface area contributed by atoms with Crippen molar-refractivity contribution in [2.75, 3.05) is 0 Å². The van der Waals surface area contributed by atoms with Crippen LogP contribution in [0.2, 0.25) is 0 Å². The van der Waals surface area contributed by atoms with Crippen molar-refractivity contribution in [2.24, 2.45) is 0 Å². The standard InChI is InChI=1S/C13H22/c1-5-9-13(6-2)11-8-7-10-12(3)4/h5-6,10H,1,7-9,11H2,2-4H3/b13-6+. The molecule has 0 amide bonds. The molecule has 0 heteroatoms. The van der Waals surface area contributed by atoms with Crippen molar-refractivity contribution in [1.82, 2.24) is 0 Å². The zero-order valence-electron chi connectivity index (χ0n) is 9.27. The Morgan fingerprint density at radius 3 is 2.46 bits per heavy atom. The molecule has 0 aromatic rings. The van der Waals surface area contributed by atoms with Crippen LogP contribution in [-0.2, 0) is 0 Å². The van der Waals surface area contributed by atoms with Crippen molar-refractivity contribution in [2.45, 2.75) is 46.5 Å². The van der Waals surface area contributed by atoms with Gasteiger partial charge in [0, 0.05) is 0 Å². The molecule has 0 aliphatic heterocycles. The van der Waals surface area contributed by atoms with Gasteiger partial charge >= 0.3 is 0 Å². The Morgan fingerprint density at radius 2 is 2.00 bits per heavy atom. The Hall–Kier alpha value is -0.780.